The minimum atomic E-state index is -0.167. The number of hydrogen-bond donors (Lipinski definition) is 0. The molecule has 0 bridgehead atoms. The Morgan fingerprint density at radius 2 is 2.00 bits per heavy atom. The lowest BCUT2D eigenvalue weighted by Crippen LogP contribution is -2.43. The third-order valence-electron chi connectivity index (χ3n) is 2.82. The Bertz CT molecular complexity index is 235. The topological polar surface area (TPSA) is 29.5 Å². The zero-order valence-electron chi connectivity index (χ0n) is 7.95. The summed E-state index contributed by atoms with van der Waals surface area (Å²) >= 11 is 0. The first kappa shape index (κ1) is 8.60. The van der Waals surface area contributed by atoms with Crippen LogP contribution in [0.15, 0.2) is 12.2 Å². The molecule has 3 heteroatoms. The third kappa shape index (κ3) is 1.69. The van der Waals surface area contributed by atoms with Crippen LogP contribution in [-0.4, -0.2) is 29.7 Å². The monoisotopic (exact) mass is 181 g/mol. The van der Waals surface area contributed by atoms with Crippen LogP contribution in [0.2, 0.25) is 0 Å². The van der Waals surface area contributed by atoms with E-state index in [1.807, 2.05) is 19.1 Å². The largest absolute Gasteiger partial charge is 0.443 e. The number of rotatable bonds is 1. The molecule has 0 aromatic carbocycles. The summed E-state index contributed by atoms with van der Waals surface area (Å²) in [4.78, 5) is 13.2. The van der Waals surface area contributed by atoms with E-state index in [0.29, 0.717) is 13.1 Å². The quantitative estimate of drug-likeness (QED) is 0.578. The van der Waals surface area contributed by atoms with Crippen LogP contribution in [0.4, 0.5) is 4.79 Å². The number of nitrogens with zero attached hydrogens (tertiary/aromatic N) is 1. The average molecular weight is 181 g/mol. The van der Waals surface area contributed by atoms with Crippen LogP contribution in [0.3, 0.4) is 0 Å². The maximum absolute atomic E-state index is 11.5. The van der Waals surface area contributed by atoms with Crippen LogP contribution in [0.1, 0.15) is 26.2 Å². The van der Waals surface area contributed by atoms with Crippen molar-refractivity contribution in [3.8, 4) is 0 Å². The second kappa shape index (κ2) is 3.05. The summed E-state index contributed by atoms with van der Waals surface area (Å²) in [5.74, 6) is 0. The Hall–Kier alpha value is -0.990. The molecule has 0 atom stereocenters. The summed E-state index contributed by atoms with van der Waals surface area (Å²) in [7, 11) is 0. The lowest BCUT2D eigenvalue weighted by molar-refractivity contribution is -0.0449. The second-order valence-electron chi connectivity index (χ2n) is 4.05. The summed E-state index contributed by atoms with van der Waals surface area (Å²) in [5, 5.41) is 0. The molecule has 0 aromatic heterocycles. The molecular formula is C10H15NO2. The van der Waals surface area contributed by atoms with E-state index < -0.39 is 0 Å². The Kier molecular flexibility index (Phi) is 2.02. The number of carbonyl (C=O) groups is 1. The minimum Gasteiger partial charge on any atom is -0.443 e. The molecule has 72 valence electrons. The van der Waals surface area contributed by atoms with E-state index in [-0.39, 0.29) is 11.7 Å². The van der Waals surface area contributed by atoms with Crippen LogP contribution in [0.25, 0.3) is 0 Å². The van der Waals surface area contributed by atoms with E-state index in [0.717, 1.165) is 12.8 Å². The molecule has 1 aliphatic heterocycles. The van der Waals surface area contributed by atoms with E-state index in [9.17, 15) is 4.79 Å². The van der Waals surface area contributed by atoms with Crippen LogP contribution in [0.5, 0.6) is 0 Å². The predicted molar refractivity (Wildman–Crippen MR) is 49.5 cm³/mol. The van der Waals surface area contributed by atoms with Crippen molar-refractivity contribution in [2.24, 2.45) is 0 Å². The molecule has 1 amide bonds. The highest BCUT2D eigenvalue weighted by Crippen LogP contribution is 2.35. The summed E-state index contributed by atoms with van der Waals surface area (Å²) in [6.45, 7) is 3.42. The first-order valence-corrected chi connectivity index (χ1v) is 4.83. The van der Waals surface area contributed by atoms with E-state index in [1.54, 1.807) is 4.90 Å². The molecule has 2 rings (SSSR count). The van der Waals surface area contributed by atoms with Crippen molar-refractivity contribution < 1.29 is 9.53 Å². The molecule has 2 aliphatic rings. The summed E-state index contributed by atoms with van der Waals surface area (Å²) < 4.78 is 5.40. The van der Waals surface area contributed by atoms with Crippen molar-refractivity contribution in [2.75, 3.05) is 13.1 Å². The summed E-state index contributed by atoms with van der Waals surface area (Å²) in [6, 6.07) is 0. The molecule has 0 spiro atoms. The minimum absolute atomic E-state index is 0.160. The highest BCUT2D eigenvalue weighted by molar-refractivity contribution is 5.69. The van der Waals surface area contributed by atoms with Gasteiger partial charge in [-0.05, 0) is 26.2 Å². The van der Waals surface area contributed by atoms with Crippen LogP contribution < -0.4 is 0 Å². The number of carbonyl (C=O) groups excluding carboxylic acids is 1. The molecule has 1 fully saturated rings. The normalized spacial score (nSPS) is 24.2. The van der Waals surface area contributed by atoms with E-state index in [1.165, 1.54) is 6.42 Å². The molecule has 0 saturated heterocycles. The van der Waals surface area contributed by atoms with Crippen molar-refractivity contribution in [1.29, 1.82) is 0 Å². The molecular weight excluding hydrogens is 166 g/mol. The van der Waals surface area contributed by atoms with Gasteiger partial charge in [0.05, 0.1) is 0 Å². The fourth-order valence-electron chi connectivity index (χ4n) is 1.68. The SMILES string of the molecule is CC1(OC(=O)N2CC=CC2)CCC1. The fraction of sp³-hybridized carbons (Fsp3) is 0.700. The van der Waals surface area contributed by atoms with Gasteiger partial charge in [-0.3, -0.25) is 0 Å². The van der Waals surface area contributed by atoms with Gasteiger partial charge in [0.1, 0.15) is 5.60 Å². The maximum atomic E-state index is 11.5. The van der Waals surface area contributed by atoms with E-state index in [2.05, 4.69) is 0 Å². The fourth-order valence-corrected chi connectivity index (χ4v) is 1.68. The molecule has 0 N–H and O–H groups in total. The molecule has 0 aromatic rings. The zero-order valence-corrected chi connectivity index (χ0v) is 7.95. The third-order valence-corrected chi connectivity index (χ3v) is 2.82. The Balaban J connectivity index is 1.84. The Morgan fingerprint density at radius 1 is 1.38 bits per heavy atom. The van der Waals surface area contributed by atoms with Crippen molar-refractivity contribution in [2.45, 2.75) is 31.8 Å². The molecule has 0 unspecified atom stereocenters. The molecule has 13 heavy (non-hydrogen) atoms. The standard InChI is InChI=1S/C10H15NO2/c1-10(5-4-6-10)13-9(12)11-7-2-3-8-11/h2-3H,4-8H2,1H3. The maximum Gasteiger partial charge on any atom is 0.410 e. The van der Waals surface area contributed by atoms with Gasteiger partial charge in [0.25, 0.3) is 0 Å². The van der Waals surface area contributed by atoms with E-state index >= 15 is 0 Å². The Morgan fingerprint density at radius 3 is 2.46 bits per heavy atom. The molecule has 1 heterocycles. The van der Waals surface area contributed by atoms with Gasteiger partial charge in [0.2, 0.25) is 0 Å². The number of hydrogen-bond acceptors (Lipinski definition) is 2. The van der Waals surface area contributed by atoms with Gasteiger partial charge in [-0.15, -0.1) is 0 Å². The lowest BCUT2D eigenvalue weighted by Gasteiger charge is -2.38. The van der Waals surface area contributed by atoms with Crippen molar-refractivity contribution in [3.63, 3.8) is 0 Å². The predicted octanol–water partition coefficient (Wildman–Crippen LogP) is 1.94. The molecule has 3 nitrogen and oxygen atoms in total. The van der Waals surface area contributed by atoms with Crippen molar-refractivity contribution >= 4 is 6.09 Å². The van der Waals surface area contributed by atoms with Gasteiger partial charge in [0.15, 0.2) is 0 Å². The number of ether oxygens (including phenoxy) is 1. The van der Waals surface area contributed by atoms with Gasteiger partial charge in [-0.2, -0.15) is 0 Å². The van der Waals surface area contributed by atoms with Crippen molar-refractivity contribution in [1.82, 2.24) is 4.90 Å². The van der Waals surface area contributed by atoms with Gasteiger partial charge in [-0.25, -0.2) is 4.79 Å². The first-order valence-electron chi connectivity index (χ1n) is 4.83. The van der Waals surface area contributed by atoms with Crippen LogP contribution in [-0.2, 0) is 4.74 Å². The Labute approximate surface area is 78.4 Å². The van der Waals surface area contributed by atoms with Crippen LogP contribution in [0, 0.1) is 0 Å². The van der Waals surface area contributed by atoms with Gasteiger partial charge < -0.3 is 9.64 Å². The second-order valence-corrected chi connectivity index (χ2v) is 4.05. The molecule has 1 aliphatic carbocycles. The summed E-state index contributed by atoms with van der Waals surface area (Å²) in [6.07, 6.45) is 7.03. The van der Waals surface area contributed by atoms with Gasteiger partial charge in [-0.1, -0.05) is 12.2 Å². The summed E-state index contributed by atoms with van der Waals surface area (Å²) in [5.41, 5.74) is -0.167. The molecule has 1 saturated carbocycles. The van der Waals surface area contributed by atoms with Crippen LogP contribution >= 0.6 is 0 Å². The van der Waals surface area contributed by atoms with E-state index in [4.69, 9.17) is 4.74 Å². The average Bonchev–Trinajstić information content (AvgIpc) is 2.53. The lowest BCUT2D eigenvalue weighted by atomic mass is 9.82. The van der Waals surface area contributed by atoms with Gasteiger partial charge in [0, 0.05) is 13.1 Å². The highest BCUT2D eigenvalue weighted by Gasteiger charge is 2.37. The first-order chi connectivity index (χ1) is 6.20. The van der Waals surface area contributed by atoms with Crippen molar-refractivity contribution in [3.05, 3.63) is 12.2 Å². The highest BCUT2D eigenvalue weighted by atomic mass is 16.6. The number of amides is 1. The smallest absolute Gasteiger partial charge is 0.410 e. The van der Waals surface area contributed by atoms with Gasteiger partial charge >= 0.3 is 6.09 Å². The zero-order chi connectivity index (χ0) is 9.31. The molecule has 0 radical (unpaired) electrons.